The summed E-state index contributed by atoms with van der Waals surface area (Å²) in [5.74, 6) is 0.626. The first-order valence-corrected chi connectivity index (χ1v) is 6.76. The highest BCUT2D eigenvalue weighted by molar-refractivity contribution is 4.79. The Kier molecular flexibility index (Phi) is 5.77. The van der Waals surface area contributed by atoms with Crippen LogP contribution in [0.25, 0.3) is 0 Å². The summed E-state index contributed by atoms with van der Waals surface area (Å²) >= 11 is 0. The van der Waals surface area contributed by atoms with Crippen LogP contribution in [0.4, 0.5) is 0 Å². The van der Waals surface area contributed by atoms with Crippen LogP contribution in [0.1, 0.15) is 52.9 Å². The molecule has 1 aliphatic carbocycles. The van der Waals surface area contributed by atoms with Gasteiger partial charge in [-0.3, -0.25) is 0 Å². The van der Waals surface area contributed by atoms with Gasteiger partial charge in [-0.15, -0.1) is 0 Å². The Labute approximate surface area is 101 Å². The molecule has 0 aromatic heterocycles. The maximum absolute atomic E-state index is 5.16. The van der Waals surface area contributed by atoms with Gasteiger partial charge in [0, 0.05) is 26.3 Å². The molecule has 0 aromatic carbocycles. The molecule has 2 nitrogen and oxygen atoms in total. The molecular formula is C14H29NO. The van der Waals surface area contributed by atoms with Crippen LogP contribution in [0, 0.1) is 11.3 Å². The van der Waals surface area contributed by atoms with Crippen molar-refractivity contribution in [2.75, 3.05) is 20.3 Å². The molecule has 0 bridgehead atoms. The Morgan fingerprint density at radius 3 is 2.75 bits per heavy atom. The highest BCUT2D eigenvalue weighted by Gasteiger charge is 2.24. The van der Waals surface area contributed by atoms with Crippen LogP contribution in [0.2, 0.25) is 0 Å². The quantitative estimate of drug-likeness (QED) is 0.728. The third kappa shape index (κ3) is 5.31. The van der Waals surface area contributed by atoms with Crippen LogP contribution in [0.15, 0.2) is 0 Å². The van der Waals surface area contributed by atoms with E-state index in [1.807, 2.05) is 0 Å². The first-order chi connectivity index (χ1) is 7.53. The lowest BCUT2D eigenvalue weighted by Gasteiger charge is -2.22. The van der Waals surface area contributed by atoms with Crippen molar-refractivity contribution < 1.29 is 4.74 Å². The van der Waals surface area contributed by atoms with Crippen molar-refractivity contribution >= 4 is 0 Å². The predicted molar refractivity (Wildman–Crippen MR) is 69.7 cm³/mol. The van der Waals surface area contributed by atoms with E-state index < -0.39 is 0 Å². The minimum absolute atomic E-state index is 0.564. The molecular weight excluding hydrogens is 198 g/mol. The van der Waals surface area contributed by atoms with Crippen LogP contribution < -0.4 is 5.32 Å². The van der Waals surface area contributed by atoms with Gasteiger partial charge in [-0.1, -0.05) is 27.2 Å². The molecule has 2 unspecified atom stereocenters. The smallest absolute Gasteiger partial charge is 0.0499 e. The molecule has 0 aliphatic heterocycles. The van der Waals surface area contributed by atoms with Crippen molar-refractivity contribution in [2.45, 2.75) is 58.9 Å². The SMILES string of the molecule is COCC(C)CNC1CCCC(C)(C)CC1. The zero-order valence-electron chi connectivity index (χ0n) is 11.5. The van der Waals surface area contributed by atoms with Crippen LogP contribution in [0.5, 0.6) is 0 Å². The second kappa shape index (κ2) is 6.61. The third-order valence-electron chi connectivity index (χ3n) is 3.78. The molecule has 1 N–H and O–H groups in total. The zero-order chi connectivity index (χ0) is 12.0. The van der Waals surface area contributed by atoms with Gasteiger partial charge in [-0.25, -0.2) is 0 Å². The summed E-state index contributed by atoms with van der Waals surface area (Å²) in [6.45, 7) is 9.02. The fourth-order valence-corrected chi connectivity index (χ4v) is 2.58. The highest BCUT2D eigenvalue weighted by Crippen LogP contribution is 2.33. The van der Waals surface area contributed by atoms with Gasteiger partial charge in [0.05, 0.1) is 0 Å². The van der Waals surface area contributed by atoms with E-state index in [-0.39, 0.29) is 0 Å². The van der Waals surface area contributed by atoms with Crippen molar-refractivity contribution in [3.05, 3.63) is 0 Å². The van der Waals surface area contributed by atoms with Gasteiger partial charge in [0.25, 0.3) is 0 Å². The number of methoxy groups -OCH3 is 1. The second-order valence-corrected chi connectivity index (χ2v) is 6.26. The standard InChI is InChI=1S/C14H29NO/c1-12(11-16-4)10-15-13-6-5-8-14(2,3)9-7-13/h12-13,15H,5-11H2,1-4H3. The Hall–Kier alpha value is -0.0800. The topological polar surface area (TPSA) is 21.3 Å². The lowest BCUT2D eigenvalue weighted by Crippen LogP contribution is -2.33. The Morgan fingerprint density at radius 2 is 2.06 bits per heavy atom. The molecule has 0 heterocycles. The van der Waals surface area contributed by atoms with Crippen molar-refractivity contribution in [1.82, 2.24) is 5.32 Å². The normalized spacial score (nSPS) is 27.4. The molecule has 1 aliphatic rings. The zero-order valence-corrected chi connectivity index (χ0v) is 11.5. The monoisotopic (exact) mass is 227 g/mol. The molecule has 0 saturated heterocycles. The number of hydrogen-bond acceptors (Lipinski definition) is 2. The summed E-state index contributed by atoms with van der Waals surface area (Å²) in [7, 11) is 1.78. The van der Waals surface area contributed by atoms with E-state index >= 15 is 0 Å². The van der Waals surface area contributed by atoms with E-state index in [1.54, 1.807) is 7.11 Å². The maximum atomic E-state index is 5.16. The summed E-state index contributed by atoms with van der Waals surface area (Å²) in [6, 6.07) is 0.737. The predicted octanol–water partition coefficient (Wildman–Crippen LogP) is 3.22. The van der Waals surface area contributed by atoms with Crippen LogP contribution in [-0.4, -0.2) is 26.3 Å². The Balaban J connectivity index is 2.22. The van der Waals surface area contributed by atoms with E-state index in [9.17, 15) is 0 Å². The molecule has 96 valence electrons. The molecule has 2 heteroatoms. The lowest BCUT2D eigenvalue weighted by molar-refractivity contribution is 0.156. The van der Waals surface area contributed by atoms with Crippen LogP contribution >= 0.6 is 0 Å². The first kappa shape index (κ1) is 14.0. The van der Waals surface area contributed by atoms with E-state index in [4.69, 9.17) is 4.74 Å². The van der Waals surface area contributed by atoms with Gasteiger partial charge in [-0.2, -0.15) is 0 Å². The largest absolute Gasteiger partial charge is 0.384 e. The van der Waals surface area contributed by atoms with Gasteiger partial charge >= 0.3 is 0 Å². The molecule has 0 spiro atoms. The van der Waals surface area contributed by atoms with Crippen molar-refractivity contribution in [1.29, 1.82) is 0 Å². The molecule has 2 atom stereocenters. The number of hydrogen-bond donors (Lipinski definition) is 1. The van der Waals surface area contributed by atoms with Crippen molar-refractivity contribution in [3.8, 4) is 0 Å². The van der Waals surface area contributed by atoms with Crippen LogP contribution in [-0.2, 0) is 4.74 Å². The van der Waals surface area contributed by atoms with Gasteiger partial charge in [0.15, 0.2) is 0 Å². The molecule has 0 aromatic rings. The molecule has 16 heavy (non-hydrogen) atoms. The van der Waals surface area contributed by atoms with Gasteiger partial charge in [0.1, 0.15) is 0 Å². The Bertz CT molecular complexity index is 191. The highest BCUT2D eigenvalue weighted by atomic mass is 16.5. The number of nitrogens with one attached hydrogen (secondary N) is 1. The third-order valence-corrected chi connectivity index (χ3v) is 3.78. The molecule has 0 radical (unpaired) electrons. The van der Waals surface area contributed by atoms with Gasteiger partial charge < -0.3 is 10.1 Å². The molecule has 1 rings (SSSR count). The minimum Gasteiger partial charge on any atom is -0.384 e. The van der Waals surface area contributed by atoms with E-state index in [2.05, 4.69) is 26.1 Å². The van der Waals surface area contributed by atoms with E-state index in [1.165, 1.54) is 32.1 Å². The fraction of sp³-hybridized carbons (Fsp3) is 1.00. The number of rotatable bonds is 5. The fourth-order valence-electron chi connectivity index (χ4n) is 2.58. The number of ether oxygens (including phenoxy) is 1. The van der Waals surface area contributed by atoms with Crippen LogP contribution in [0.3, 0.4) is 0 Å². The lowest BCUT2D eigenvalue weighted by atomic mass is 9.85. The van der Waals surface area contributed by atoms with Gasteiger partial charge in [-0.05, 0) is 37.0 Å². The molecule has 1 saturated carbocycles. The summed E-state index contributed by atoms with van der Waals surface area (Å²) < 4.78 is 5.16. The maximum Gasteiger partial charge on any atom is 0.0499 e. The average Bonchev–Trinajstić information content (AvgIpc) is 2.37. The summed E-state index contributed by atoms with van der Waals surface area (Å²) in [6.07, 6.45) is 6.82. The summed E-state index contributed by atoms with van der Waals surface area (Å²) in [5, 5.41) is 3.70. The van der Waals surface area contributed by atoms with Crippen molar-refractivity contribution in [2.24, 2.45) is 11.3 Å². The summed E-state index contributed by atoms with van der Waals surface area (Å²) in [5.41, 5.74) is 0.564. The van der Waals surface area contributed by atoms with E-state index in [0.29, 0.717) is 11.3 Å². The van der Waals surface area contributed by atoms with Gasteiger partial charge in [0.2, 0.25) is 0 Å². The Morgan fingerprint density at radius 1 is 1.31 bits per heavy atom. The summed E-state index contributed by atoms with van der Waals surface area (Å²) in [4.78, 5) is 0. The molecule has 1 fully saturated rings. The van der Waals surface area contributed by atoms with E-state index in [0.717, 1.165) is 19.2 Å². The average molecular weight is 227 g/mol. The van der Waals surface area contributed by atoms with Crippen molar-refractivity contribution in [3.63, 3.8) is 0 Å². The second-order valence-electron chi connectivity index (χ2n) is 6.26. The minimum atomic E-state index is 0.564. The first-order valence-electron chi connectivity index (χ1n) is 6.76. The molecule has 0 amide bonds.